The Balaban J connectivity index is 2.10. The van der Waals surface area contributed by atoms with Crippen LogP contribution in [0.5, 0.6) is 0 Å². The highest BCUT2D eigenvalue weighted by atomic mass is 16.5. The Morgan fingerprint density at radius 2 is 2.20 bits per heavy atom. The maximum atomic E-state index is 5.25. The van der Waals surface area contributed by atoms with E-state index in [0.717, 1.165) is 44.1 Å². The minimum absolute atomic E-state index is 0.804. The van der Waals surface area contributed by atoms with Crippen molar-refractivity contribution >= 4 is 5.82 Å². The maximum Gasteiger partial charge on any atom is 0.129 e. The number of hydrogen-bond donors (Lipinski definition) is 1. The van der Waals surface area contributed by atoms with E-state index in [1.807, 2.05) is 19.9 Å². The van der Waals surface area contributed by atoms with Gasteiger partial charge in [0.15, 0.2) is 0 Å². The molecule has 1 rings (SSSR count). The zero-order chi connectivity index (χ0) is 10.9. The van der Waals surface area contributed by atoms with Crippen molar-refractivity contribution in [3.05, 3.63) is 18.1 Å². The fraction of sp³-hybridized carbons (Fsp3) is 0.636. The molecule has 0 fully saturated rings. The van der Waals surface area contributed by atoms with Crippen LogP contribution in [0.15, 0.2) is 12.4 Å². The van der Waals surface area contributed by atoms with Gasteiger partial charge in [0.05, 0.1) is 0 Å². The average molecular weight is 209 g/mol. The van der Waals surface area contributed by atoms with E-state index in [1.165, 1.54) is 0 Å². The van der Waals surface area contributed by atoms with Crippen LogP contribution in [0.25, 0.3) is 0 Å². The Morgan fingerprint density at radius 3 is 2.93 bits per heavy atom. The molecule has 4 heteroatoms. The molecule has 1 heterocycles. The van der Waals surface area contributed by atoms with Gasteiger partial charge in [-0.05, 0) is 26.7 Å². The molecule has 0 atom stereocenters. The van der Waals surface area contributed by atoms with E-state index >= 15 is 0 Å². The summed E-state index contributed by atoms with van der Waals surface area (Å²) in [6.45, 7) is 6.56. The molecule has 4 nitrogen and oxygen atoms in total. The second-order valence-electron chi connectivity index (χ2n) is 3.38. The van der Waals surface area contributed by atoms with Crippen molar-refractivity contribution < 1.29 is 4.74 Å². The van der Waals surface area contributed by atoms with Gasteiger partial charge in [-0.3, -0.25) is 0 Å². The van der Waals surface area contributed by atoms with Crippen molar-refractivity contribution in [3.63, 3.8) is 0 Å². The van der Waals surface area contributed by atoms with Crippen molar-refractivity contribution in [1.29, 1.82) is 0 Å². The van der Waals surface area contributed by atoms with Gasteiger partial charge in [-0.25, -0.2) is 9.97 Å². The van der Waals surface area contributed by atoms with Crippen LogP contribution in [0.4, 0.5) is 5.82 Å². The van der Waals surface area contributed by atoms with Gasteiger partial charge in [-0.1, -0.05) is 0 Å². The Morgan fingerprint density at radius 1 is 1.33 bits per heavy atom. The number of nitrogens with one attached hydrogen (secondary N) is 1. The van der Waals surface area contributed by atoms with Crippen molar-refractivity contribution in [1.82, 2.24) is 9.97 Å². The predicted octanol–water partition coefficient (Wildman–Crippen LogP) is 2.01. The highest BCUT2D eigenvalue weighted by molar-refractivity contribution is 5.33. The third-order valence-corrected chi connectivity index (χ3v) is 2.03. The number of nitrogens with zero attached hydrogens (tertiary/aromatic N) is 2. The SMILES string of the molecule is CCOCCCCNc1cc(C)ncn1. The smallest absolute Gasteiger partial charge is 0.129 e. The molecule has 0 saturated carbocycles. The summed E-state index contributed by atoms with van der Waals surface area (Å²) in [6.07, 6.45) is 3.77. The number of unbranched alkanes of at least 4 members (excludes halogenated alkanes) is 1. The minimum atomic E-state index is 0.804. The molecule has 0 amide bonds. The lowest BCUT2D eigenvalue weighted by molar-refractivity contribution is 0.144. The Labute approximate surface area is 91.1 Å². The summed E-state index contributed by atoms with van der Waals surface area (Å²) in [6, 6.07) is 1.95. The Bertz CT molecular complexity index is 278. The molecule has 84 valence electrons. The first kappa shape index (κ1) is 11.9. The fourth-order valence-corrected chi connectivity index (χ4v) is 1.24. The number of rotatable bonds is 7. The molecule has 0 saturated heterocycles. The van der Waals surface area contributed by atoms with Crippen LogP contribution >= 0.6 is 0 Å². The molecular weight excluding hydrogens is 190 g/mol. The summed E-state index contributed by atoms with van der Waals surface area (Å²) in [5, 5.41) is 3.26. The molecule has 0 aliphatic heterocycles. The summed E-state index contributed by atoms with van der Waals surface area (Å²) in [4.78, 5) is 8.16. The number of hydrogen-bond acceptors (Lipinski definition) is 4. The first-order valence-electron chi connectivity index (χ1n) is 5.43. The van der Waals surface area contributed by atoms with Crippen LogP contribution in [-0.2, 0) is 4.74 Å². The lowest BCUT2D eigenvalue weighted by Gasteiger charge is -2.05. The van der Waals surface area contributed by atoms with Gasteiger partial charge in [0, 0.05) is 31.5 Å². The maximum absolute atomic E-state index is 5.25. The van der Waals surface area contributed by atoms with Gasteiger partial charge in [-0.15, -0.1) is 0 Å². The zero-order valence-electron chi connectivity index (χ0n) is 9.49. The lowest BCUT2D eigenvalue weighted by atomic mass is 10.3. The average Bonchev–Trinajstić information content (AvgIpc) is 2.23. The molecule has 1 N–H and O–H groups in total. The van der Waals surface area contributed by atoms with Gasteiger partial charge < -0.3 is 10.1 Å². The van der Waals surface area contributed by atoms with Crippen LogP contribution in [0.3, 0.4) is 0 Å². The standard InChI is InChI=1S/C11H19N3O/c1-3-15-7-5-4-6-12-11-8-10(2)13-9-14-11/h8-9H,3-7H2,1-2H3,(H,12,13,14). The van der Waals surface area contributed by atoms with E-state index in [0.29, 0.717) is 0 Å². The normalized spacial score (nSPS) is 10.3. The first-order valence-corrected chi connectivity index (χ1v) is 5.43. The summed E-state index contributed by atoms with van der Waals surface area (Å²) < 4.78 is 5.25. The fourth-order valence-electron chi connectivity index (χ4n) is 1.24. The summed E-state index contributed by atoms with van der Waals surface area (Å²) in [5.41, 5.74) is 0.988. The van der Waals surface area contributed by atoms with E-state index in [4.69, 9.17) is 4.74 Å². The van der Waals surface area contributed by atoms with Gasteiger partial charge in [0.25, 0.3) is 0 Å². The predicted molar refractivity (Wildman–Crippen MR) is 61.0 cm³/mol. The first-order chi connectivity index (χ1) is 7.33. The monoisotopic (exact) mass is 209 g/mol. The molecule has 1 aromatic heterocycles. The number of aromatic nitrogens is 2. The molecule has 0 radical (unpaired) electrons. The van der Waals surface area contributed by atoms with Crippen LogP contribution in [0, 0.1) is 6.92 Å². The molecule has 1 aromatic rings. The van der Waals surface area contributed by atoms with E-state index in [-0.39, 0.29) is 0 Å². The quantitative estimate of drug-likeness (QED) is 0.698. The second-order valence-corrected chi connectivity index (χ2v) is 3.38. The lowest BCUT2D eigenvalue weighted by Crippen LogP contribution is -2.05. The van der Waals surface area contributed by atoms with Crippen LogP contribution in [0.2, 0.25) is 0 Å². The molecule has 0 unspecified atom stereocenters. The van der Waals surface area contributed by atoms with E-state index in [9.17, 15) is 0 Å². The molecule has 0 aliphatic carbocycles. The van der Waals surface area contributed by atoms with E-state index in [2.05, 4.69) is 15.3 Å². The van der Waals surface area contributed by atoms with Crippen LogP contribution in [0.1, 0.15) is 25.5 Å². The van der Waals surface area contributed by atoms with Crippen LogP contribution in [-0.4, -0.2) is 29.7 Å². The molecule has 15 heavy (non-hydrogen) atoms. The molecule has 0 spiro atoms. The van der Waals surface area contributed by atoms with E-state index in [1.54, 1.807) is 6.33 Å². The van der Waals surface area contributed by atoms with Crippen LogP contribution < -0.4 is 5.32 Å². The van der Waals surface area contributed by atoms with Gasteiger partial charge in [0.1, 0.15) is 12.1 Å². The van der Waals surface area contributed by atoms with Crippen molar-refractivity contribution in [2.45, 2.75) is 26.7 Å². The van der Waals surface area contributed by atoms with Gasteiger partial charge >= 0.3 is 0 Å². The van der Waals surface area contributed by atoms with Crippen molar-refractivity contribution in [2.24, 2.45) is 0 Å². The summed E-state index contributed by atoms with van der Waals surface area (Å²) in [5.74, 6) is 0.902. The van der Waals surface area contributed by atoms with E-state index < -0.39 is 0 Å². The minimum Gasteiger partial charge on any atom is -0.382 e. The third kappa shape index (κ3) is 5.32. The Hall–Kier alpha value is -1.16. The topological polar surface area (TPSA) is 47.0 Å². The zero-order valence-corrected chi connectivity index (χ0v) is 9.49. The molecule has 0 bridgehead atoms. The molecule has 0 aromatic carbocycles. The molecular formula is C11H19N3O. The summed E-state index contributed by atoms with van der Waals surface area (Å²) in [7, 11) is 0. The summed E-state index contributed by atoms with van der Waals surface area (Å²) >= 11 is 0. The Kier molecular flexibility index (Phi) is 5.70. The number of ether oxygens (including phenoxy) is 1. The number of aryl methyl sites for hydroxylation is 1. The largest absolute Gasteiger partial charge is 0.382 e. The molecule has 0 aliphatic rings. The second kappa shape index (κ2) is 7.17. The van der Waals surface area contributed by atoms with Crippen molar-refractivity contribution in [3.8, 4) is 0 Å². The number of anilines is 1. The van der Waals surface area contributed by atoms with Gasteiger partial charge in [-0.2, -0.15) is 0 Å². The van der Waals surface area contributed by atoms with Crippen molar-refractivity contribution in [2.75, 3.05) is 25.1 Å². The van der Waals surface area contributed by atoms with Gasteiger partial charge in [0.2, 0.25) is 0 Å². The highest BCUT2D eigenvalue weighted by Gasteiger charge is 1.94. The third-order valence-electron chi connectivity index (χ3n) is 2.03. The highest BCUT2D eigenvalue weighted by Crippen LogP contribution is 2.02.